The lowest BCUT2D eigenvalue weighted by atomic mass is 10.1. The summed E-state index contributed by atoms with van der Waals surface area (Å²) in [5, 5.41) is 14.2. The summed E-state index contributed by atoms with van der Waals surface area (Å²) >= 11 is 0. The molecule has 0 bridgehead atoms. The molecule has 0 aromatic heterocycles. The van der Waals surface area contributed by atoms with E-state index >= 15 is 0 Å². The summed E-state index contributed by atoms with van der Waals surface area (Å²) in [6.07, 6.45) is 1.98. The quantitative estimate of drug-likeness (QED) is 0.604. The van der Waals surface area contributed by atoms with Gasteiger partial charge in [0.2, 0.25) is 0 Å². The maximum absolute atomic E-state index is 11.0. The first-order valence-electron chi connectivity index (χ1n) is 6.75. The molecule has 1 aromatic rings. The van der Waals surface area contributed by atoms with Gasteiger partial charge in [0.15, 0.2) is 0 Å². The zero-order chi connectivity index (χ0) is 14.4. The second kappa shape index (κ2) is 6.97. The van der Waals surface area contributed by atoms with E-state index in [1.54, 1.807) is 12.1 Å². The summed E-state index contributed by atoms with van der Waals surface area (Å²) in [5.41, 5.74) is 1.81. The summed E-state index contributed by atoms with van der Waals surface area (Å²) in [6.45, 7) is 7.09. The molecular formula is C14H23N3O2. The van der Waals surface area contributed by atoms with Crippen LogP contribution in [0.4, 0.5) is 17.1 Å². The molecule has 1 atom stereocenters. The van der Waals surface area contributed by atoms with Crippen LogP contribution in [0, 0.1) is 10.1 Å². The van der Waals surface area contributed by atoms with Crippen molar-refractivity contribution >= 4 is 17.1 Å². The number of benzene rings is 1. The van der Waals surface area contributed by atoms with Crippen molar-refractivity contribution in [3.8, 4) is 0 Å². The van der Waals surface area contributed by atoms with Crippen molar-refractivity contribution in [2.45, 2.75) is 39.7 Å². The third kappa shape index (κ3) is 4.12. The second-order valence-electron chi connectivity index (χ2n) is 4.79. The lowest BCUT2D eigenvalue weighted by Gasteiger charge is -2.26. The van der Waals surface area contributed by atoms with E-state index in [-0.39, 0.29) is 10.6 Å². The van der Waals surface area contributed by atoms with Gasteiger partial charge >= 0.3 is 0 Å². The van der Waals surface area contributed by atoms with Gasteiger partial charge in [0.1, 0.15) is 0 Å². The zero-order valence-electron chi connectivity index (χ0n) is 12.1. The third-order valence-corrected chi connectivity index (χ3v) is 3.35. The van der Waals surface area contributed by atoms with Gasteiger partial charge in [-0.05, 0) is 25.8 Å². The maximum Gasteiger partial charge on any atom is 0.273 e. The van der Waals surface area contributed by atoms with Crippen LogP contribution in [0.2, 0.25) is 0 Å². The molecule has 0 saturated heterocycles. The molecule has 19 heavy (non-hydrogen) atoms. The molecule has 106 valence electrons. The number of nitrogens with zero attached hydrogens (tertiary/aromatic N) is 2. The van der Waals surface area contributed by atoms with Crippen LogP contribution in [0.25, 0.3) is 0 Å². The first-order chi connectivity index (χ1) is 8.99. The summed E-state index contributed by atoms with van der Waals surface area (Å²) in [5.74, 6) is 0. The summed E-state index contributed by atoms with van der Waals surface area (Å²) in [6, 6.07) is 5.53. The standard InChI is InChI=1S/C14H23N3O2/c1-5-7-15-12-8-13(16(4)11(3)6-2)10-14(9-12)17(18)19/h8-11,15H,5-7H2,1-4H3. The van der Waals surface area contributed by atoms with Crippen molar-refractivity contribution in [3.05, 3.63) is 28.3 Å². The lowest BCUT2D eigenvalue weighted by Crippen LogP contribution is -2.28. The molecule has 0 radical (unpaired) electrons. The van der Waals surface area contributed by atoms with E-state index in [2.05, 4.69) is 31.0 Å². The largest absolute Gasteiger partial charge is 0.385 e. The maximum atomic E-state index is 11.0. The Morgan fingerprint density at radius 2 is 2.05 bits per heavy atom. The van der Waals surface area contributed by atoms with Gasteiger partial charge in [-0.15, -0.1) is 0 Å². The lowest BCUT2D eigenvalue weighted by molar-refractivity contribution is -0.384. The highest BCUT2D eigenvalue weighted by Gasteiger charge is 2.14. The smallest absolute Gasteiger partial charge is 0.273 e. The van der Waals surface area contributed by atoms with Crippen molar-refractivity contribution in [1.82, 2.24) is 0 Å². The van der Waals surface area contributed by atoms with Gasteiger partial charge in [-0.25, -0.2) is 0 Å². The number of nitro groups is 1. The molecule has 1 N–H and O–H groups in total. The molecule has 0 aliphatic heterocycles. The van der Waals surface area contributed by atoms with Gasteiger partial charge in [-0.2, -0.15) is 0 Å². The molecule has 0 aliphatic carbocycles. The molecule has 0 aliphatic rings. The second-order valence-corrected chi connectivity index (χ2v) is 4.79. The summed E-state index contributed by atoms with van der Waals surface area (Å²) in [7, 11) is 1.97. The molecule has 5 nitrogen and oxygen atoms in total. The van der Waals surface area contributed by atoms with Crippen LogP contribution in [-0.2, 0) is 0 Å². The number of nitro benzene ring substituents is 1. The first kappa shape index (κ1) is 15.3. The number of anilines is 2. The Labute approximate surface area is 114 Å². The number of hydrogen-bond donors (Lipinski definition) is 1. The highest BCUT2D eigenvalue weighted by molar-refractivity contribution is 5.64. The zero-order valence-corrected chi connectivity index (χ0v) is 12.1. The third-order valence-electron chi connectivity index (χ3n) is 3.35. The van der Waals surface area contributed by atoms with Crippen LogP contribution < -0.4 is 10.2 Å². The van der Waals surface area contributed by atoms with E-state index in [0.29, 0.717) is 6.04 Å². The topological polar surface area (TPSA) is 58.4 Å². The van der Waals surface area contributed by atoms with Crippen molar-refractivity contribution in [1.29, 1.82) is 0 Å². The van der Waals surface area contributed by atoms with Crippen LogP contribution in [0.15, 0.2) is 18.2 Å². The first-order valence-corrected chi connectivity index (χ1v) is 6.75. The van der Waals surface area contributed by atoms with Gasteiger partial charge in [-0.3, -0.25) is 10.1 Å². The molecule has 1 unspecified atom stereocenters. The molecule has 0 heterocycles. The average Bonchev–Trinajstić information content (AvgIpc) is 2.42. The normalized spacial score (nSPS) is 12.0. The fourth-order valence-electron chi connectivity index (χ4n) is 1.80. The fourth-order valence-corrected chi connectivity index (χ4v) is 1.80. The van der Waals surface area contributed by atoms with E-state index in [1.807, 2.05) is 13.1 Å². The predicted molar refractivity (Wildman–Crippen MR) is 80.0 cm³/mol. The van der Waals surface area contributed by atoms with Gasteiger partial charge in [0.25, 0.3) is 5.69 Å². The van der Waals surface area contributed by atoms with E-state index in [0.717, 1.165) is 30.8 Å². The summed E-state index contributed by atoms with van der Waals surface area (Å²) in [4.78, 5) is 12.7. The Morgan fingerprint density at radius 3 is 2.58 bits per heavy atom. The van der Waals surface area contributed by atoms with Gasteiger partial charge in [0, 0.05) is 43.1 Å². The van der Waals surface area contributed by atoms with Gasteiger partial charge in [0.05, 0.1) is 4.92 Å². The molecule has 1 aromatic carbocycles. The number of non-ortho nitro benzene ring substituents is 1. The number of rotatable bonds is 7. The minimum absolute atomic E-state index is 0.131. The molecule has 0 fully saturated rings. The SMILES string of the molecule is CCCNc1cc(N(C)C(C)CC)cc([N+](=O)[O-])c1. The van der Waals surface area contributed by atoms with E-state index in [4.69, 9.17) is 0 Å². The van der Waals surface area contributed by atoms with Crippen molar-refractivity contribution < 1.29 is 4.92 Å². The average molecular weight is 265 g/mol. The van der Waals surface area contributed by atoms with Crippen LogP contribution >= 0.6 is 0 Å². The van der Waals surface area contributed by atoms with Crippen LogP contribution in [0.1, 0.15) is 33.6 Å². The van der Waals surface area contributed by atoms with Gasteiger partial charge in [-0.1, -0.05) is 13.8 Å². The Hall–Kier alpha value is -1.78. The minimum atomic E-state index is -0.342. The Morgan fingerprint density at radius 1 is 1.37 bits per heavy atom. The summed E-state index contributed by atoms with van der Waals surface area (Å²) < 4.78 is 0. The van der Waals surface area contributed by atoms with Crippen molar-refractivity contribution in [3.63, 3.8) is 0 Å². The fraction of sp³-hybridized carbons (Fsp3) is 0.571. The molecule has 5 heteroatoms. The molecule has 0 spiro atoms. The van der Waals surface area contributed by atoms with E-state index in [1.165, 1.54) is 0 Å². The highest BCUT2D eigenvalue weighted by atomic mass is 16.6. The number of hydrogen-bond acceptors (Lipinski definition) is 4. The number of nitrogens with one attached hydrogen (secondary N) is 1. The Bertz CT molecular complexity index is 435. The monoisotopic (exact) mass is 265 g/mol. The van der Waals surface area contributed by atoms with E-state index < -0.39 is 0 Å². The molecule has 0 saturated carbocycles. The molecule has 1 rings (SSSR count). The van der Waals surface area contributed by atoms with Crippen LogP contribution in [0.3, 0.4) is 0 Å². The Kier molecular flexibility index (Phi) is 5.60. The van der Waals surface area contributed by atoms with Crippen molar-refractivity contribution in [2.75, 3.05) is 23.8 Å². The van der Waals surface area contributed by atoms with Gasteiger partial charge < -0.3 is 10.2 Å². The van der Waals surface area contributed by atoms with Crippen molar-refractivity contribution in [2.24, 2.45) is 0 Å². The minimum Gasteiger partial charge on any atom is -0.385 e. The van der Waals surface area contributed by atoms with Crippen LogP contribution in [-0.4, -0.2) is 24.6 Å². The van der Waals surface area contributed by atoms with Crippen LogP contribution in [0.5, 0.6) is 0 Å². The Balaban J connectivity index is 3.08. The van der Waals surface area contributed by atoms with E-state index in [9.17, 15) is 10.1 Å². The molecule has 0 amide bonds. The molecular weight excluding hydrogens is 242 g/mol. The highest BCUT2D eigenvalue weighted by Crippen LogP contribution is 2.27. The predicted octanol–water partition coefficient (Wildman–Crippen LogP) is 3.65.